The summed E-state index contributed by atoms with van der Waals surface area (Å²) in [5.41, 5.74) is 8.20. The lowest BCUT2D eigenvalue weighted by Crippen LogP contribution is -2.37. The Balaban J connectivity index is 1.65. The molecule has 42 heavy (non-hydrogen) atoms. The van der Waals surface area contributed by atoms with Crippen LogP contribution in [0.5, 0.6) is 0 Å². The summed E-state index contributed by atoms with van der Waals surface area (Å²) >= 11 is -1.83. The number of rotatable bonds is 9. The van der Waals surface area contributed by atoms with Gasteiger partial charge in [-0.1, -0.05) is 49.6 Å². The average Bonchev–Trinajstić information content (AvgIpc) is 3.21. The van der Waals surface area contributed by atoms with E-state index in [1.54, 1.807) is 33.3 Å². The minimum absolute atomic E-state index is 0.000430. The normalized spacial score (nSPS) is 16.8. The number of likely N-dealkylation sites (N-methyl/N-ethyl adjacent to an activating group) is 1. The van der Waals surface area contributed by atoms with Gasteiger partial charge in [-0.05, 0) is 48.1 Å². The van der Waals surface area contributed by atoms with Crippen LogP contribution in [-0.4, -0.2) is 80.4 Å². The molecule has 2 aliphatic rings. The Bertz CT molecular complexity index is 1540. The smallest absolute Gasteiger partial charge is 0.276 e. The van der Waals surface area contributed by atoms with Gasteiger partial charge in [0.15, 0.2) is 0 Å². The maximum Gasteiger partial charge on any atom is 0.276 e. The molecule has 3 aromatic rings. The zero-order valence-corrected chi connectivity index (χ0v) is 25.0. The molecule has 0 bridgehead atoms. The SMILES string of the molecule is CN(CC(O)CO)C(=O)C1=Cc2ccccc2-c2c(C3CCCCC3)c3ccc(C(=O)NOS(=O)N(C)C)cc3n2C1. The third-order valence-electron chi connectivity index (χ3n) is 8.07. The average molecular weight is 595 g/mol. The second-order valence-corrected chi connectivity index (χ2v) is 12.6. The molecule has 2 amide bonds. The fourth-order valence-electron chi connectivity index (χ4n) is 6.06. The summed E-state index contributed by atoms with van der Waals surface area (Å²) in [6.45, 7) is -0.176. The van der Waals surface area contributed by atoms with Crippen LogP contribution < -0.4 is 5.48 Å². The molecule has 1 saturated carbocycles. The topological polar surface area (TPSA) is 124 Å². The molecule has 5 rings (SSSR count). The van der Waals surface area contributed by atoms with Crippen LogP contribution in [0.4, 0.5) is 0 Å². The van der Waals surface area contributed by atoms with Crippen LogP contribution in [-0.2, 0) is 26.9 Å². The van der Waals surface area contributed by atoms with E-state index in [1.165, 1.54) is 21.2 Å². The van der Waals surface area contributed by atoms with Gasteiger partial charge in [0.05, 0.1) is 24.9 Å². The zero-order chi connectivity index (χ0) is 30.0. The van der Waals surface area contributed by atoms with Gasteiger partial charge in [0.25, 0.3) is 23.1 Å². The molecule has 1 aliphatic heterocycles. The lowest BCUT2D eigenvalue weighted by Gasteiger charge is -2.24. The number of carbonyl (C=O) groups is 2. The van der Waals surface area contributed by atoms with Crippen molar-refractivity contribution in [2.75, 3.05) is 34.3 Å². The summed E-state index contributed by atoms with van der Waals surface area (Å²) in [5.74, 6) is -0.434. The predicted molar refractivity (Wildman–Crippen MR) is 162 cm³/mol. The van der Waals surface area contributed by atoms with Crippen molar-refractivity contribution < 1.29 is 28.3 Å². The van der Waals surface area contributed by atoms with Crippen molar-refractivity contribution in [3.05, 3.63) is 64.7 Å². The molecule has 2 unspecified atom stereocenters. The number of hydrogen-bond donors (Lipinski definition) is 3. The first-order valence-electron chi connectivity index (χ1n) is 14.3. The molecular formula is C31H38N4O6S. The monoisotopic (exact) mass is 594 g/mol. The number of carbonyl (C=O) groups excluding carboxylic acids is 2. The van der Waals surface area contributed by atoms with Gasteiger partial charge in [0.1, 0.15) is 0 Å². The Labute approximate surface area is 248 Å². The Kier molecular flexibility index (Phi) is 9.24. The Hall–Kier alpha value is -3.35. The highest BCUT2D eigenvalue weighted by molar-refractivity contribution is 7.77. The maximum atomic E-state index is 13.7. The number of amides is 2. The molecule has 1 fully saturated rings. The van der Waals surface area contributed by atoms with E-state index in [0.717, 1.165) is 53.4 Å². The van der Waals surface area contributed by atoms with Gasteiger partial charge in [-0.15, -0.1) is 0 Å². The summed E-state index contributed by atoms with van der Waals surface area (Å²) in [6.07, 6.45) is 6.53. The van der Waals surface area contributed by atoms with Crippen molar-refractivity contribution in [2.24, 2.45) is 0 Å². The number of hydrogen-bond acceptors (Lipinski definition) is 6. The number of aliphatic hydroxyl groups is 2. The predicted octanol–water partition coefficient (Wildman–Crippen LogP) is 3.37. The van der Waals surface area contributed by atoms with Crippen LogP contribution in [0.15, 0.2) is 48.0 Å². The molecule has 3 N–H and O–H groups in total. The van der Waals surface area contributed by atoms with Crippen molar-refractivity contribution in [3.63, 3.8) is 0 Å². The molecular weight excluding hydrogens is 556 g/mol. The van der Waals surface area contributed by atoms with Crippen LogP contribution in [0.2, 0.25) is 0 Å². The Morgan fingerprint density at radius 1 is 1.12 bits per heavy atom. The fourth-order valence-corrected chi connectivity index (χ4v) is 6.35. The van der Waals surface area contributed by atoms with Crippen LogP contribution >= 0.6 is 0 Å². The highest BCUT2D eigenvalue weighted by Gasteiger charge is 2.31. The van der Waals surface area contributed by atoms with E-state index in [1.807, 2.05) is 30.3 Å². The fraction of sp³-hybridized carbons (Fsp3) is 0.419. The zero-order valence-electron chi connectivity index (χ0n) is 24.2. The third kappa shape index (κ3) is 6.06. The lowest BCUT2D eigenvalue weighted by atomic mass is 9.81. The first-order chi connectivity index (χ1) is 20.2. The van der Waals surface area contributed by atoms with Gasteiger partial charge in [-0.2, -0.15) is 4.28 Å². The number of nitrogens with zero attached hydrogens (tertiary/aromatic N) is 3. The largest absolute Gasteiger partial charge is 0.394 e. The third-order valence-corrected chi connectivity index (χ3v) is 8.90. The van der Waals surface area contributed by atoms with Gasteiger partial charge >= 0.3 is 0 Å². The second-order valence-electron chi connectivity index (χ2n) is 11.2. The molecule has 0 spiro atoms. The molecule has 2 atom stereocenters. The first kappa shape index (κ1) is 30.1. The quantitative estimate of drug-likeness (QED) is 0.327. The maximum absolute atomic E-state index is 13.7. The van der Waals surface area contributed by atoms with E-state index in [9.17, 15) is 24.0 Å². The molecule has 1 aromatic heterocycles. The van der Waals surface area contributed by atoms with E-state index in [2.05, 4.69) is 16.1 Å². The molecule has 1 aliphatic carbocycles. The van der Waals surface area contributed by atoms with Gasteiger partial charge < -0.3 is 19.7 Å². The highest BCUT2D eigenvalue weighted by atomic mass is 32.2. The number of nitrogens with one attached hydrogen (secondary N) is 1. The second kappa shape index (κ2) is 12.9. The van der Waals surface area contributed by atoms with Crippen LogP contribution in [0.1, 0.15) is 59.5 Å². The van der Waals surface area contributed by atoms with E-state index in [-0.39, 0.29) is 19.0 Å². The van der Waals surface area contributed by atoms with Crippen LogP contribution in [0.25, 0.3) is 28.2 Å². The van der Waals surface area contributed by atoms with Gasteiger partial charge in [-0.25, -0.2) is 14.0 Å². The standard InChI is InChI=1S/C31H38N4O6S/c1-33(2)42(40)41-32-30(38)22-13-14-26-27(16-22)35-17-23(31(39)34(3)18-24(37)19-36)15-21-11-7-8-12-25(21)29(35)28(26)20-9-5-4-6-10-20/h7-8,11-16,20,24,36-37H,4-6,9-10,17-19H2,1-3H3,(H,32,38). The Morgan fingerprint density at radius 3 is 2.57 bits per heavy atom. The van der Waals surface area contributed by atoms with Gasteiger partial charge in [0.2, 0.25) is 0 Å². The summed E-state index contributed by atoms with van der Waals surface area (Å²) in [4.78, 5) is 28.1. The minimum Gasteiger partial charge on any atom is -0.394 e. The van der Waals surface area contributed by atoms with Gasteiger partial charge in [0, 0.05) is 55.3 Å². The molecule has 10 nitrogen and oxygen atoms in total. The minimum atomic E-state index is -1.83. The number of fused-ring (bicyclic) bond motifs is 5. The van der Waals surface area contributed by atoms with E-state index >= 15 is 0 Å². The van der Waals surface area contributed by atoms with E-state index in [0.29, 0.717) is 17.1 Å². The summed E-state index contributed by atoms with van der Waals surface area (Å²) < 4.78 is 20.5. The number of benzene rings is 2. The molecule has 2 heterocycles. The summed E-state index contributed by atoms with van der Waals surface area (Å²) in [7, 11) is 4.76. The molecule has 2 aromatic carbocycles. The molecule has 224 valence electrons. The van der Waals surface area contributed by atoms with Crippen molar-refractivity contribution in [3.8, 4) is 11.3 Å². The van der Waals surface area contributed by atoms with Crippen molar-refractivity contribution >= 4 is 40.1 Å². The summed E-state index contributed by atoms with van der Waals surface area (Å²) in [5, 5.41) is 20.4. The van der Waals surface area contributed by atoms with Crippen LogP contribution in [0.3, 0.4) is 0 Å². The molecule has 0 radical (unpaired) electrons. The van der Waals surface area contributed by atoms with Crippen LogP contribution in [0, 0.1) is 0 Å². The number of aromatic nitrogens is 1. The first-order valence-corrected chi connectivity index (χ1v) is 15.3. The molecule has 0 saturated heterocycles. The van der Waals surface area contributed by atoms with E-state index < -0.39 is 29.9 Å². The highest BCUT2D eigenvalue weighted by Crippen LogP contribution is 2.46. The lowest BCUT2D eigenvalue weighted by molar-refractivity contribution is -0.127. The number of aliphatic hydroxyl groups excluding tert-OH is 2. The van der Waals surface area contributed by atoms with Crippen molar-refractivity contribution in [2.45, 2.75) is 50.7 Å². The van der Waals surface area contributed by atoms with Gasteiger partial charge in [-0.3, -0.25) is 9.59 Å². The van der Waals surface area contributed by atoms with Crippen molar-refractivity contribution in [1.82, 2.24) is 19.3 Å². The van der Waals surface area contributed by atoms with E-state index in [4.69, 9.17) is 4.28 Å². The summed E-state index contributed by atoms with van der Waals surface area (Å²) in [6, 6.07) is 13.6. The Morgan fingerprint density at radius 2 is 1.86 bits per heavy atom. The van der Waals surface area contributed by atoms with Crippen molar-refractivity contribution in [1.29, 1.82) is 0 Å². The molecule has 11 heteroatoms. The number of hydroxylamine groups is 1.